The zero-order valence-electron chi connectivity index (χ0n) is 10.5. The highest BCUT2D eigenvalue weighted by molar-refractivity contribution is 5.49. The van der Waals surface area contributed by atoms with Crippen LogP contribution < -0.4 is 10.6 Å². The maximum Gasteiger partial charge on any atom is 0.153 e. The normalized spacial score (nSPS) is 21.8. The van der Waals surface area contributed by atoms with Crippen molar-refractivity contribution in [3.63, 3.8) is 0 Å². The van der Waals surface area contributed by atoms with Crippen LogP contribution in [0.4, 0.5) is 5.82 Å². The highest BCUT2D eigenvalue weighted by Gasteiger charge is 2.22. The molecule has 0 spiro atoms. The summed E-state index contributed by atoms with van der Waals surface area (Å²) in [6.45, 7) is 8.53. The Labute approximate surface area is 97.2 Å². The third kappa shape index (κ3) is 2.07. The topological polar surface area (TPSA) is 57.9 Å². The van der Waals surface area contributed by atoms with Crippen LogP contribution in [0, 0.1) is 6.92 Å². The van der Waals surface area contributed by atoms with Crippen molar-refractivity contribution in [2.24, 2.45) is 5.73 Å². The van der Waals surface area contributed by atoms with Crippen LogP contribution in [0.15, 0.2) is 0 Å². The number of nitrogens with zero attached hydrogens (tertiary/aromatic N) is 2. The van der Waals surface area contributed by atoms with Crippen LogP contribution in [0.2, 0.25) is 0 Å². The Kier molecular flexibility index (Phi) is 3.19. The van der Waals surface area contributed by atoms with Crippen LogP contribution in [-0.4, -0.2) is 29.3 Å². The summed E-state index contributed by atoms with van der Waals surface area (Å²) in [4.78, 5) is 2.31. The van der Waals surface area contributed by atoms with Gasteiger partial charge in [0.05, 0.1) is 0 Å². The highest BCUT2D eigenvalue weighted by atomic mass is 15.3. The Morgan fingerprint density at radius 3 is 2.81 bits per heavy atom. The third-order valence-electron chi connectivity index (χ3n) is 3.36. The number of H-pyrrole nitrogens is 1. The Morgan fingerprint density at radius 2 is 2.25 bits per heavy atom. The molecule has 1 fully saturated rings. The Bertz CT molecular complexity index is 356. The van der Waals surface area contributed by atoms with Crippen LogP contribution in [0.5, 0.6) is 0 Å². The molecular weight excluding hydrogens is 200 g/mol. The molecule has 0 radical (unpaired) electrons. The highest BCUT2D eigenvalue weighted by Crippen LogP contribution is 2.26. The van der Waals surface area contributed by atoms with Gasteiger partial charge < -0.3 is 10.6 Å². The van der Waals surface area contributed by atoms with E-state index >= 15 is 0 Å². The zero-order chi connectivity index (χ0) is 11.7. The fourth-order valence-corrected chi connectivity index (χ4v) is 2.47. The lowest BCUT2D eigenvalue weighted by molar-refractivity contribution is 0.502. The lowest BCUT2D eigenvalue weighted by Gasteiger charge is -2.31. The van der Waals surface area contributed by atoms with Gasteiger partial charge in [-0.3, -0.25) is 5.10 Å². The quantitative estimate of drug-likeness (QED) is 0.801. The van der Waals surface area contributed by atoms with Gasteiger partial charge in [0, 0.05) is 30.4 Å². The first-order valence-corrected chi connectivity index (χ1v) is 6.15. The van der Waals surface area contributed by atoms with Gasteiger partial charge in [-0.05, 0) is 25.7 Å². The Morgan fingerprint density at radius 1 is 1.50 bits per heavy atom. The third-order valence-corrected chi connectivity index (χ3v) is 3.36. The summed E-state index contributed by atoms with van der Waals surface area (Å²) in [5, 5.41) is 7.59. The van der Waals surface area contributed by atoms with Crippen LogP contribution in [0.3, 0.4) is 0 Å². The van der Waals surface area contributed by atoms with E-state index in [0.29, 0.717) is 12.0 Å². The Hall–Kier alpha value is -1.03. The van der Waals surface area contributed by atoms with E-state index in [2.05, 4.69) is 35.9 Å². The lowest BCUT2D eigenvalue weighted by atomic mass is 10.0. The summed E-state index contributed by atoms with van der Waals surface area (Å²) >= 11 is 0. The van der Waals surface area contributed by atoms with Gasteiger partial charge in [-0.2, -0.15) is 5.10 Å². The number of nitrogens with one attached hydrogen (secondary N) is 1. The minimum absolute atomic E-state index is 0.298. The average molecular weight is 222 g/mol. The van der Waals surface area contributed by atoms with E-state index in [-0.39, 0.29) is 0 Å². The fraction of sp³-hybridized carbons (Fsp3) is 0.750. The molecule has 2 rings (SSSR count). The fourth-order valence-electron chi connectivity index (χ4n) is 2.47. The standard InChI is InChI=1S/C12H22N4/c1-8(2)11-9(3)12(15-14-11)16-6-4-5-10(13)7-16/h8,10H,4-7,13H2,1-3H3,(H,14,15). The second kappa shape index (κ2) is 4.45. The van der Waals surface area contributed by atoms with Gasteiger partial charge in [0.1, 0.15) is 0 Å². The molecule has 0 aromatic carbocycles. The maximum absolute atomic E-state index is 6.00. The molecule has 1 saturated heterocycles. The minimum atomic E-state index is 0.298. The zero-order valence-corrected chi connectivity index (χ0v) is 10.5. The summed E-state index contributed by atoms with van der Waals surface area (Å²) < 4.78 is 0. The number of nitrogens with two attached hydrogens (primary N) is 1. The summed E-state index contributed by atoms with van der Waals surface area (Å²) in [5.41, 5.74) is 8.53. The molecule has 16 heavy (non-hydrogen) atoms. The predicted octanol–water partition coefficient (Wildman–Crippen LogP) is 1.77. The number of rotatable bonds is 2. The van der Waals surface area contributed by atoms with Crippen LogP contribution in [0.1, 0.15) is 43.9 Å². The first-order chi connectivity index (χ1) is 7.59. The van der Waals surface area contributed by atoms with E-state index in [4.69, 9.17) is 5.73 Å². The molecular formula is C12H22N4. The van der Waals surface area contributed by atoms with E-state index in [1.54, 1.807) is 0 Å². The molecule has 3 N–H and O–H groups in total. The minimum Gasteiger partial charge on any atom is -0.353 e. The molecule has 1 atom stereocenters. The second-order valence-corrected chi connectivity index (χ2v) is 5.09. The molecule has 1 aliphatic heterocycles. The van der Waals surface area contributed by atoms with E-state index in [0.717, 1.165) is 25.3 Å². The van der Waals surface area contributed by atoms with Gasteiger partial charge in [0.2, 0.25) is 0 Å². The van der Waals surface area contributed by atoms with E-state index < -0.39 is 0 Å². The summed E-state index contributed by atoms with van der Waals surface area (Å²) in [7, 11) is 0. The van der Waals surface area contributed by atoms with Crippen molar-refractivity contribution < 1.29 is 0 Å². The SMILES string of the molecule is Cc1c(N2CCCC(N)C2)n[nH]c1C(C)C. The average Bonchev–Trinajstić information content (AvgIpc) is 2.60. The van der Waals surface area contributed by atoms with Crippen molar-refractivity contribution >= 4 is 5.82 Å². The molecule has 1 aromatic rings. The molecule has 1 aromatic heterocycles. The van der Waals surface area contributed by atoms with Crippen molar-refractivity contribution in [3.8, 4) is 0 Å². The van der Waals surface area contributed by atoms with Crippen LogP contribution in [0.25, 0.3) is 0 Å². The van der Waals surface area contributed by atoms with Gasteiger partial charge in [0.15, 0.2) is 5.82 Å². The van der Waals surface area contributed by atoms with Crippen molar-refractivity contribution in [2.45, 2.75) is 45.6 Å². The molecule has 0 saturated carbocycles. The largest absolute Gasteiger partial charge is 0.353 e. The van der Waals surface area contributed by atoms with E-state index in [1.807, 2.05) is 0 Å². The van der Waals surface area contributed by atoms with Crippen molar-refractivity contribution in [2.75, 3.05) is 18.0 Å². The van der Waals surface area contributed by atoms with E-state index in [9.17, 15) is 0 Å². The molecule has 4 heteroatoms. The molecule has 0 aliphatic carbocycles. The summed E-state index contributed by atoms with van der Waals surface area (Å²) in [5.74, 6) is 1.60. The van der Waals surface area contributed by atoms with Gasteiger partial charge >= 0.3 is 0 Å². The number of aromatic nitrogens is 2. The van der Waals surface area contributed by atoms with Crippen LogP contribution >= 0.6 is 0 Å². The van der Waals surface area contributed by atoms with Crippen molar-refractivity contribution in [3.05, 3.63) is 11.3 Å². The van der Waals surface area contributed by atoms with Gasteiger partial charge in [-0.1, -0.05) is 13.8 Å². The molecule has 0 bridgehead atoms. The molecule has 1 unspecified atom stereocenters. The van der Waals surface area contributed by atoms with Crippen molar-refractivity contribution in [1.82, 2.24) is 10.2 Å². The molecule has 2 heterocycles. The molecule has 0 amide bonds. The number of aromatic amines is 1. The van der Waals surface area contributed by atoms with E-state index in [1.165, 1.54) is 17.7 Å². The number of hydrogen-bond acceptors (Lipinski definition) is 3. The molecule has 1 aliphatic rings. The van der Waals surface area contributed by atoms with Gasteiger partial charge in [-0.25, -0.2) is 0 Å². The maximum atomic E-state index is 6.00. The number of anilines is 1. The van der Waals surface area contributed by atoms with Crippen molar-refractivity contribution in [1.29, 1.82) is 0 Å². The first kappa shape index (κ1) is 11.5. The number of hydrogen-bond donors (Lipinski definition) is 2. The molecule has 90 valence electrons. The van der Waals surface area contributed by atoms with Gasteiger partial charge in [-0.15, -0.1) is 0 Å². The summed E-state index contributed by atoms with van der Waals surface area (Å²) in [6.07, 6.45) is 2.31. The lowest BCUT2D eigenvalue weighted by Crippen LogP contribution is -2.43. The predicted molar refractivity (Wildman–Crippen MR) is 66.8 cm³/mol. The summed E-state index contributed by atoms with van der Waals surface area (Å²) in [6, 6.07) is 0.298. The van der Waals surface area contributed by atoms with Gasteiger partial charge in [0.25, 0.3) is 0 Å². The Balaban J connectivity index is 2.20. The number of piperidine rings is 1. The monoisotopic (exact) mass is 222 g/mol. The second-order valence-electron chi connectivity index (χ2n) is 5.09. The first-order valence-electron chi connectivity index (χ1n) is 6.15. The van der Waals surface area contributed by atoms with Crippen LogP contribution in [-0.2, 0) is 0 Å². The smallest absolute Gasteiger partial charge is 0.153 e. The molecule has 4 nitrogen and oxygen atoms in total.